The van der Waals surface area contributed by atoms with Crippen LogP contribution in [0.4, 0.5) is 8.78 Å². The molecule has 0 aromatic heterocycles. The van der Waals surface area contributed by atoms with Gasteiger partial charge in [-0.25, -0.2) is 0 Å². The minimum atomic E-state index is -2.99. The number of rotatable bonds is 8. The van der Waals surface area contributed by atoms with Gasteiger partial charge in [-0.3, -0.25) is 4.79 Å². The molecule has 1 N–H and O–H groups in total. The first kappa shape index (κ1) is 19.4. The highest BCUT2D eigenvalue weighted by Crippen LogP contribution is 2.29. The van der Waals surface area contributed by atoms with Crippen molar-refractivity contribution < 1.29 is 23.0 Å². The SMILES string of the molecule is O=C(NCCOc1ccccc1-c1ccccc1)c1ccccc1OC(F)F. The molecule has 3 aromatic carbocycles. The molecule has 0 bridgehead atoms. The summed E-state index contributed by atoms with van der Waals surface area (Å²) < 4.78 is 35.1. The van der Waals surface area contributed by atoms with E-state index in [1.807, 2.05) is 54.6 Å². The first-order valence-corrected chi connectivity index (χ1v) is 8.74. The van der Waals surface area contributed by atoms with Crippen LogP contribution in [0.1, 0.15) is 10.4 Å². The summed E-state index contributed by atoms with van der Waals surface area (Å²) in [6, 6.07) is 23.3. The van der Waals surface area contributed by atoms with Gasteiger partial charge in [-0.05, 0) is 23.8 Å². The van der Waals surface area contributed by atoms with Crippen LogP contribution >= 0.6 is 0 Å². The molecule has 4 nitrogen and oxygen atoms in total. The van der Waals surface area contributed by atoms with Crippen LogP contribution in [-0.2, 0) is 0 Å². The lowest BCUT2D eigenvalue weighted by Crippen LogP contribution is -2.28. The number of halogens is 2. The molecule has 0 aliphatic rings. The summed E-state index contributed by atoms with van der Waals surface area (Å²) in [5.41, 5.74) is 2.03. The van der Waals surface area contributed by atoms with E-state index in [1.165, 1.54) is 18.2 Å². The van der Waals surface area contributed by atoms with E-state index in [0.29, 0.717) is 5.75 Å². The van der Waals surface area contributed by atoms with Gasteiger partial charge in [0, 0.05) is 5.56 Å². The number of benzene rings is 3. The lowest BCUT2D eigenvalue weighted by atomic mass is 10.1. The van der Waals surface area contributed by atoms with E-state index in [-0.39, 0.29) is 24.5 Å². The van der Waals surface area contributed by atoms with Gasteiger partial charge in [-0.2, -0.15) is 8.78 Å². The third-order valence-corrected chi connectivity index (χ3v) is 3.96. The fourth-order valence-electron chi connectivity index (χ4n) is 2.72. The van der Waals surface area contributed by atoms with E-state index in [0.717, 1.165) is 11.1 Å². The van der Waals surface area contributed by atoms with Crippen LogP contribution in [0.2, 0.25) is 0 Å². The Morgan fingerprint density at radius 2 is 1.50 bits per heavy atom. The summed E-state index contributed by atoms with van der Waals surface area (Å²) in [4.78, 5) is 12.3. The van der Waals surface area contributed by atoms with Crippen LogP contribution in [0.25, 0.3) is 11.1 Å². The number of ether oxygens (including phenoxy) is 2. The molecule has 0 heterocycles. The maximum atomic E-state index is 12.5. The highest BCUT2D eigenvalue weighted by Gasteiger charge is 2.15. The number of hydrogen-bond acceptors (Lipinski definition) is 3. The summed E-state index contributed by atoms with van der Waals surface area (Å²) in [7, 11) is 0. The Hall–Kier alpha value is -3.41. The van der Waals surface area contributed by atoms with Gasteiger partial charge < -0.3 is 14.8 Å². The third-order valence-electron chi connectivity index (χ3n) is 3.96. The van der Waals surface area contributed by atoms with Gasteiger partial charge in [0.1, 0.15) is 18.1 Å². The summed E-state index contributed by atoms with van der Waals surface area (Å²) in [6.07, 6.45) is 0. The lowest BCUT2D eigenvalue weighted by molar-refractivity contribution is -0.0501. The molecule has 0 saturated carbocycles. The zero-order valence-corrected chi connectivity index (χ0v) is 15.0. The molecular formula is C22H19F2NO3. The summed E-state index contributed by atoms with van der Waals surface area (Å²) in [6.45, 7) is -2.55. The quantitative estimate of drug-likeness (QED) is 0.571. The monoisotopic (exact) mass is 383 g/mol. The number of carbonyl (C=O) groups is 1. The van der Waals surface area contributed by atoms with E-state index >= 15 is 0 Å². The van der Waals surface area contributed by atoms with Crippen molar-refractivity contribution in [2.45, 2.75) is 6.61 Å². The number of para-hydroxylation sites is 2. The Kier molecular flexibility index (Phi) is 6.57. The van der Waals surface area contributed by atoms with E-state index in [1.54, 1.807) is 6.07 Å². The van der Waals surface area contributed by atoms with Crippen LogP contribution in [0.5, 0.6) is 11.5 Å². The Labute approximate surface area is 161 Å². The molecule has 28 heavy (non-hydrogen) atoms. The Balaban J connectivity index is 1.58. The van der Waals surface area contributed by atoms with Crippen molar-refractivity contribution in [2.75, 3.05) is 13.2 Å². The predicted octanol–water partition coefficient (Wildman–Crippen LogP) is 4.76. The molecule has 3 rings (SSSR count). The zero-order chi connectivity index (χ0) is 19.8. The maximum Gasteiger partial charge on any atom is 0.387 e. The first-order valence-electron chi connectivity index (χ1n) is 8.74. The van der Waals surface area contributed by atoms with Crippen molar-refractivity contribution >= 4 is 5.91 Å². The molecule has 0 fully saturated rings. The van der Waals surface area contributed by atoms with Crippen LogP contribution in [0, 0.1) is 0 Å². The molecule has 1 amide bonds. The van der Waals surface area contributed by atoms with Crippen molar-refractivity contribution in [3.63, 3.8) is 0 Å². The van der Waals surface area contributed by atoms with Gasteiger partial charge >= 0.3 is 6.61 Å². The summed E-state index contributed by atoms with van der Waals surface area (Å²) >= 11 is 0. The van der Waals surface area contributed by atoms with Gasteiger partial charge in [-0.1, -0.05) is 60.7 Å². The molecule has 0 spiro atoms. The van der Waals surface area contributed by atoms with Gasteiger partial charge in [0.05, 0.1) is 12.1 Å². The van der Waals surface area contributed by atoms with Gasteiger partial charge in [-0.15, -0.1) is 0 Å². The van der Waals surface area contributed by atoms with Crippen molar-refractivity contribution in [3.05, 3.63) is 84.4 Å². The molecular weight excluding hydrogens is 364 g/mol. The molecule has 0 unspecified atom stereocenters. The fraction of sp³-hybridized carbons (Fsp3) is 0.136. The molecule has 144 valence electrons. The van der Waals surface area contributed by atoms with Crippen molar-refractivity contribution in [2.24, 2.45) is 0 Å². The normalized spacial score (nSPS) is 10.5. The summed E-state index contributed by atoms with van der Waals surface area (Å²) in [5, 5.41) is 2.65. The van der Waals surface area contributed by atoms with E-state index in [2.05, 4.69) is 10.1 Å². The molecule has 0 radical (unpaired) electrons. The van der Waals surface area contributed by atoms with Gasteiger partial charge in [0.15, 0.2) is 0 Å². The van der Waals surface area contributed by atoms with Crippen LogP contribution in [0.15, 0.2) is 78.9 Å². The molecule has 0 saturated heterocycles. The molecule has 0 aliphatic heterocycles. The van der Waals surface area contributed by atoms with Crippen LogP contribution in [-0.4, -0.2) is 25.7 Å². The topological polar surface area (TPSA) is 47.6 Å². The highest BCUT2D eigenvalue weighted by atomic mass is 19.3. The smallest absolute Gasteiger partial charge is 0.387 e. The second-order valence-corrected chi connectivity index (χ2v) is 5.84. The molecule has 3 aromatic rings. The fourth-order valence-corrected chi connectivity index (χ4v) is 2.72. The average Bonchev–Trinajstić information content (AvgIpc) is 2.72. The number of carbonyl (C=O) groups excluding carboxylic acids is 1. The van der Waals surface area contributed by atoms with Crippen LogP contribution < -0.4 is 14.8 Å². The summed E-state index contributed by atoms with van der Waals surface area (Å²) in [5.74, 6) is 0.0333. The average molecular weight is 383 g/mol. The van der Waals surface area contributed by atoms with Gasteiger partial charge in [0.25, 0.3) is 5.91 Å². The Morgan fingerprint density at radius 1 is 0.857 bits per heavy atom. The zero-order valence-electron chi connectivity index (χ0n) is 15.0. The Bertz CT molecular complexity index is 916. The molecule has 0 atom stereocenters. The minimum Gasteiger partial charge on any atom is -0.491 e. The number of nitrogens with one attached hydrogen (secondary N) is 1. The van der Waals surface area contributed by atoms with Gasteiger partial charge in [0.2, 0.25) is 0 Å². The van der Waals surface area contributed by atoms with E-state index < -0.39 is 12.5 Å². The Morgan fingerprint density at radius 3 is 2.25 bits per heavy atom. The number of hydrogen-bond donors (Lipinski definition) is 1. The second-order valence-electron chi connectivity index (χ2n) is 5.84. The number of amides is 1. The lowest BCUT2D eigenvalue weighted by Gasteiger charge is -2.13. The van der Waals surface area contributed by atoms with Crippen molar-refractivity contribution in [3.8, 4) is 22.6 Å². The standard InChI is InChI=1S/C22H19F2NO3/c23-22(24)28-20-13-7-5-11-18(20)21(26)25-14-15-27-19-12-6-4-10-17(19)16-8-2-1-3-9-16/h1-13,22H,14-15H2,(H,25,26). The van der Waals surface area contributed by atoms with Crippen LogP contribution in [0.3, 0.4) is 0 Å². The van der Waals surface area contributed by atoms with Crippen molar-refractivity contribution in [1.82, 2.24) is 5.32 Å². The van der Waals surface area contributed by atoms with E-state index in [4.69, 9.17) is 4.74 Å². The molecule has 0 aliphatic carbocycles. The third kappa shape index (κ3) is 5.07. The number of alkyl halides is 2. The second kappa shape index (κ2) is 9.50. The van der Waals surface area contributed by atoms with Crippen molar-refractivity contribution in [1.29, 1.82) is 0 Å². The molecule has 6 heteroatoms. The predicted molar refractivity (Wildman–Crippen MR) is 103 cm³/mol. The maximum absolute atomic E-state index is 12.5. The minimum absolute atomic E-state index is 0.0486. The largest absolute Gasteiger partial charge is 0.491 e. The first-order chi connectivity index (χ1) is 13.6. The van der Waals surface area contributed by atoms with E-state index in [9.17, 15) is 13.6 Å². The highest BCUT2D eigenvalue weighted by molar-refractivity contribution is 5.96.